The van der Waals surface area contributed by atoms with E-state index in [0.717, 1.165) is 28.2 Å². The number of carbonyl (C=O) groups is 1. The molecular weight excluding hydrogens is 326 g/mol. The Bertz CT molecular complexity index is 895. The quantitative estimate of drug-likeness (QED) is 0.659. The first-order valence-electron chi connectivity index (χ1n) is 8.64. The Morgan fingerprint density at radius 1 is 1.15 bits per heavy atom. The minimum absolute atomic E-state index is 0.171. The number of methoxy groups -OCH3 is 1. The number of rotatable bonds is 6. The summed E-state index contributed by atoms with van der Waals surface area (Å²) in [4.78, 5) is 20.4. The van der Waals surface area contributed by atoms with Gasteiger partial charge in [0.25, 0.3) is 0 Å². The first kappa shape index (κ1) is 17.7. The number of ether oxygens (including phenoxy) is 1. The van der Waals surface area contributed by atoms with E-state index >= 15 is 0 Å². The monoisotopic (exact) mass is 349 g/mol. The van der Waals surface area contributed by atoms with E-state index in [1.807, 2.05) is 48.5 Å². The van der Waals surface area contributed by atoms with Crippen LogP contribution in [0.15, 0.2) is 54.6 Å². The average Bonchev–Trinajstić information content (AvgIpc) is 3.08. The number of imidazole rings is 1. The molecule has 5 heteroatoms. The molecule has 0 radical (unpaired) electrons. The van der Waals surface area contributed by atoms with Gasteiger partial charge in [0.1, 0.15) is 11.6 Å². The van der Waals surface area contributed by atoms with Gasteiger partial charge in [-0.05, 0) is 30.2 Å². The number of benzene rings is 2. The molecular formula is C21H23N3O2. The lowest BCUT2D eigenvalue weighted by molar-refractivity contribution is -0.117. The fourth-order valence-corrected chi connectivity index (χ4v) is 2.84. The van der Waals surface area contributed by atoms with Crippen molar-refractivity contribution in [1.82, 2.24) is 15.3 Å². The molecule has 0 saturated heterocycles. The summed E-state index contributed by atoms with van der Waals surface area (Å²) >= 11 is 0. The summed E-state index contributed by atoms with van der Waals surface area (Å²) in [6.07, 6.45) is 3.28. The molecule has 1 atom stereocenters. The lowest BCUT2D eigenvalue weighted by Crippen LogP contribution is -2.31. The minimum atomic E-state index is -0.197. The highest BCUT2D eigenvalue weighted by Gasteiger charge is 2.20. The van der Waals surface area contributed by atoms with E-state index in [0.29, 0.717) is 0 Å². The molecule has 0 fully saturated rings. The topological polar surface area (TPSA) is 67.0 Å². The fourth-order valence-electron chi connectivity index (χ4n) is 2.84. The Kier molecular flexibility index (Phi) is 5.37. The van der Waals surface area contributed by atoms with Gasteiger partial charge in [0.15, 0.2) is 0 Å². The van der Waals surface area contributed by atoms with E-state index in [1.54, 1.807) is 13.2 Å². The fraction of sp³-hybridized carbons (Fsp3) is 0.238. The van der Waals surface area contributed by atoms with E-state index in [2.05, 4.69) is 29.1 Å². The second-order valence-corrected chi connectivity index (χ2v) is 6.44. The van der Waals surface area contributed by atoms with Crippen LogP contribution in [0.25, 0.3) is 17.1 Å². The van der Waals surface area contributed by atoms with Crippen molar-refractivity contribution in [2.75, 3.05) is 7.11 Å². The summed E-state index contributed by atoms with van der Waals surface area (Å²) < 4.78 is 5.30. The third-order valence-corrected chi connectivity index (χ3v) is 4.22. The largest absolute Gasteiger partial charge is 0.496 e. The molecule has 2 N–H and O–H groups in total. The molecule has 0 aliphatic rings. The maximum absolute atomic E-state index is 12.4. The zero-order chi connectivity index (χ0) is 18.5. The van der Waals surface area contributed by atoms with Gasteiger partial charge in [-0.3, -0.25) is 4.79 Å². The summed E-state index contributed by atoms with van der Waals surface area (Å²) in [5.41, 5.74) is 2.72. The molecule has 3 aromatic rings. The molecule has 1 unspecified atom stereocenters. The van der Waals surface area contributed by atoms with Crippen LogP contribution in [-0.4, -0.2) is 23.0 Å². The number of hydrogen-bond acceptors (Lipinski definition) is 3. The molecule has 0 aliphatic heterocycles. The first-order chi connectivity index (χ1) is 12.6. The number of para-hydroxylation sites is 3. The van der Waals surface area contributed by atoms with Crippen LogP contribution in [0.4, 0.5) is 0 Å². The number of aromatic nitrogens is 2. The zero-order valence-corrected chi connectivity index (χ0v) is 15.2. The molecule has 134 valence electrons. The summed E-state index contributed by atoms with van der Waals surface area (Å²) in [5, 5.41) is 3.04. The van der Waals surface area contributed by atoms with E-state index in [1.165, 1.54) is 6.08 Å². The Hall–Kier alpha value is -3.08. The number of H-pyrrole nitrogens is 1. The molecule has 0 saturated carbocycles. The maximum Gasteiger partial charge on any atom is 0.244 e. The number of hydrogen-bond donors (Lipinski definition) is 2. The predicted octanol–water partition coefficient (Wildman–Crippen LogP) is 4.10. The Morgan fingerprint density at radius 2 is 1.88 bits per heavy atom. The summed E-state index contributed by atoms with van der Waals surface area (Å²) in [6, 6.07) is 15.2. The number of nitrogens with zero attached hydrogens (tertiary/aromatic N) is 1. The number of nitrogens with one attached hydrogen (secondary N) is 2. The van der Waals surface area contributed by atoms with Gasteiger partial charge in [-0.25, -0.2) is 4.98 Å². The Balaban J connectivity index is 1.77. The molecule has 1 aromatic heterocycles. The van der Waals surface area contributed by atoms with Crippen LogP contribution in [0, 0.1) is 5.92 Å². The SMILES string of the molecule is COc1ccccc1C=CC(=O)NC(c1nc2ccccc2[nH]1)C(C)C. The van der Waals surface area contributed by atoms with Gasteiger partial charge in [0, 0.05) is 11.6 Å². The van der Waals surface area contributed by atoms with Crippen molar-refractivity contribution in [2.45, 2.75) is 19.9 Å². The normalized spacial score (nSPS) is 12.6. The van der Waals surface area contributed by atoms with Crippen LogP contribution in [0.5, 0.6) is 5.75 Å². The van der Waals surface area contributed by atoms with Crippen LogP contribution in [0.1, 0.15) is 31.3 Å². The van der Waals surface area contributed by atoms with Crippen molar-refractivity contribution in [3.05, 3.63) is 66.0 Å². The summed E-state index contributed by atoms with van der Waals surface area (Å²) in [6.45, 7) is 4.12. The van der Waals surface area contributed by atoms with E-state index < -0.39 is 0 Å². The van der Waals surface area contributed by atoms with Crippen molar-refractivity contribution in [3.63, 3.8) is 0 Å². The predicted molar refractivity (Wildman–Crippen MR) is 104 cm³/mol. The molecule has 2 aromatic carbocycles. The van der Waals surface area contributed by atoms with E-state index in [4.69, 9.17) is 4.74 Å². The van der Waals surface area contributed by atoms with E-state index in [-0.39, 0.29) is 17.9 Å². The highest BCUT2D eigenvalue weighted by molar-refractivity contribution is 5.92. The minimum Gasteiger partial charge on any atom is -0.496 e. The molecule has 1 amide bonds. The van der Waals surface area contributed by atoms with Crippen molar-refractivity contribution in [1.29, 1.82) is 0 Å². The average molecular weight is 349 g/mol. The molecule has 1 heterocycles. The highest BCUT2D eigenvalue weighted by atomic mass is 16.5. The molecule has 0 bridgehead atoms. The second-order valence-electron chi connectivity index (χ2n) is 6.44. The smallest absolute Gasteiger partial charge is 0.244 e. The van der Waals surface area contributed by atoms with Crippen LogP contribution in [0.3, 0.4) is 0 Å². The van der Waals surface area contributed by atoms with Crippen LogP contribution >= 0.6 is 0 Å². The molecule has 0 spiro atoms. The molecule has 26 heavy (non-hydrogen) atoms. The summed E-state index contributed by atoms with van der Waals surface area (Å²) in [5.74, 6) is 1.52. The van der Waals surface area contributed by atoms with Crippen molar-refractivity contribution in [3.8, 4) is 5.75 Å². The molecule has 5 nitrogen and oxygen atoms in total. The third kappa shape index (κ3) is 3.94. The number of amides is 1. The van der Waals surface area contributed by atoms with Crippen molar-refractivity contribution >= 4 is 23.0 Å². The van der Waals surface area contributed by atoms with Crippen LogP contribution in [-0.2, 0) is 4.79 Å². The van der Waals surface area contributed by atoms with E-state index in [9.17, 15) is 4.79 Å². The van der Waals surface area contributed by atoms with Crippen molar-refractivity contribution in [2.24, 2.45) is 5.92 Å². The number of carbonyl (C=O) groups excluding carboxylic acids is 1. The van der Waals surface area contributed by atoms with Gasteiger partial charge in [-0.15, -0.1) is 0 Å². The van der Waals surface area contributed by atoms with Gasteiger partial charge in [-0.2, -0.15) is 0 Å². The van der Waals surface area contributed by atoms with Gasteiger partial charge in [0.2, 0.25) is 5.91 Å². The first-order valence-corrected chi connectivity index (χ1v) is 8.64. The number of fused-ring (bicyclic) bond motifs is 1. The Morgan fingerprint density at radius 3 is 2.62 bits per heavy atom. The highest BCUT2D eigenvalue weighted by Crippen LogP contribution is 2.22. The molecule has 0 aliphatic carbocycles. The summed E-state index contributed by atoms with van der Waals surface area (Å²) in [7, 11) is 1.61. The third-order valence-electron chi connectivity index (χ3n) is 4.22. The number of aromatic amines is 1. The standard InChI is InChI=1S/C21H23N3O2/c1-14(2)20(21-22-16-9-5-6-10-17(16)23-21)24-19(25)13-12-15-8-4-7-11-18(15)26-3/h4-14,20H,1-3H3,(H,22,23)(H,24,25). The second kappa shape index (κ2) is 7.87. The van der Waals surface area contributed by atoms with Gasteiger partial charge >= 0.3 is 0 Å². The molecule has 3 rings (SSSR count). The van der Waals surface area contributed by atoms with Crippen LogP contribution < -0.4 is 10.1 Å². The zero-order valence-electron chi connectivity index (χ0n) is 15.2. The lowest BCUT2D eigenvalue weighted by atomic mass is 10.0. The van der Waals surface area contributed by atoms with Crippen molar-refractivity contribution < 1.29 is 9.53 Å². The van der Waals surface area contributed by atoms with Gasteiger partial charge in [0.05, 0.1) is 24.2 Å². The van der Waals surface area contributed by atoms with Crippen LogP contribution in [0.2, 0.25) is 0 Å². The lowest BCUT2D eigenvalue weighted by Gasteiger charge is -2.19. The van der Waals surface area contributed by atoms with Gasteiger partial charge in [-0.1, -0.05) is 44.2 Å². The maximum atomic E-state index is 12.4. The Labute approximate surface area is 153 Å². The van der Waals surface area contributed by atoms with Gasteiger partial charge < -0.3 is 15.0 Å².